The van der Waals surface area contributed by atoms with Crippen molar-refractivity contribution in [2.75, 3.05) is 13.7 Å². The Hall–Kier alpha value is -1.58. The number of hydrogen-bond acceptors (Lipinski definition) is 4. The fraction of sp³-hybridized carbons (Fsp3) is 0.333. The van der Waals surface area contributed by atoms with Gasteiger partial charge in [-0.25, -0.2) is 4.79 Å². The summed E-state index contributed by atoms with van der Waals surface area (Å²) in [4.78, 5) is 14.9. The van der Waals surface area contributed by atoms with Crippen molar-refractivity contribution in [3.63, 3.8) is 0 Å². The van der Waals surface area contributed by atoms with Gasteiger partial charge in [0.15, 0.2) is 0 Å². The third-order valence-corrected chi connectivity index (χ3v) is 1.45. The predicted molar refractivity (Wildman–Crippen MR) is 46.7 cm³/mol. The first-order valence-electron chi connectivity index (χ1n) is 3.94. The number of aromatic nitrogens is 1. The summed E-state index contributed by atoms with van der Waals surface area (Å²) in [5, 5.41) is 0. The minimum absolute atomic E-state index is 0.397. The summed E-state index contributed by atoms with van der Waals surface area (Å²) in [6, 6.07) is 1.60. The molecule has 1 aromatic rings. The van der Waals surface area contributed by atoms with Crippen molar-refractivity contribution in [3.05, 3.63) is 24.0 Å². The minimum atomic E-state index is -0.408. The average Bonchev–Trinajstić information content (AvgIpc) is 2.18. The van der Waals surface area contributed by atoms with Crippen molar-refractivity contribution in [1.29, 1.82) is 0 Å². The summed E-state index contributed by atoms with van der Waals surface area (Å²) in [5.74, 6) is 0.166. The molecule has 0 saturated heterocycles. The Balaban J connectivity index is 2.85. The Morgan fingerprint density at radius 3 is 2.92 bits per heavy atom. The van der Waals surface area contributed by atoms with Gasteiger partial charge in [-0.05, 0) is 13.0 Å². The Kier molecular flexibility index (Phi) is 3.25. The van der Waals surface area contributed by atoms with Crippen LogP contribution in [-0.2, 0) is 4.74 Å². The largest absolute Gasteiger partial charge is 0.492 e. The van der Waals surface area contributed by atoms with Crippen LogP contribution in [-0.4, -0.2) is 24.7 Å². The van der Waals surface area contributed by atoms with Crippen LogP contribution in [0.25, 0.3) is 0 Å². The molecule has 0 aromatic carbocycles. The van der Waals surface area contributed by atoms with Gasteiger partial charge in [0, 0.05) is 6.20 Å². The van der Waals surface area contributed by atoms with Gasteiger partial charge in [-0.3, -0.25) is 4.98 Å². The zero-order valence-corrected chi connectivity index (χ0v) is 7.61. The standard InChI is InChI=1S/C9H11NO3/c1-3-13-8-4-7(5-10-6-8)9(11)12-2/h4-6H,3H2,1-2H3. The summed E-state index contributed by atoms with van der Waals surface area (Å²) >= 11 is 0. The van der Waals surface area contributed by atoms with E-state index in [2.05, 4.69) is 9.72 Å². The minimum Gasteiger partial charge on any atom is -0.492 e. The lowest BCUT2D eigenvalue weighted by molar-refractivity contribution is 0.0599. The lowest BCUT2D eigenvalue weighted by Crippen LogP contribution is -2.02. The average molecular weight is 181 g/mol. The highest BCUT2D eigenvalue weighted by Gasteiger charge is 2.06. The number of esters is 1. The zero-order valence-electron chi connectivity index (χ0n) is 7.61. The molecule has 0 saturated carbocycles. The normalized spacial score (nSPS) is 9.38. The maximum Gasteiger partial charge on any atom is 0.339 e. The molecule has 4 heteroatoms. The van der Waals surface area contributed by atoms with Crippen molar-refractivity contribution in [3.8, 4) is 5.75 Å². The first-order valence-corrected chi connectivity index (χ1v) is 3.94. The molecule has 4 nitrogen and oxygen atoms in total. The highest BCUT2D eigenvalue weighted by Crippen LogP contribution is 2.11. The SMILES string of the molecule is CCOc1cncc(C(=O)OC)c1. The molecule has 70 valence electrons. The molecule has 0 aliphatic heterocycles. The van der Waals surface area contributed by atoms with Crippen LogP contribution in [0.2, 0.25) is 0 Å². The summed E-state index contributed by atoms with van der Waals surface area (Å²) in [7, 11) is 1.33. The molecule has 0 fully saturated rings. The van der Waals surface area contributed by atoms with Crippen molar-refractivity contribution in [2.24, 2.45) is 0 Å². The first-order chi connectivity index (χ1) is 6.27. The smallest absolute Gasteiger partial charge is 0.339 e. The monoisotopic (exact) mass is 181 g/mol. The second-order valence-electron chi connectivity index (χ2n) is 2.33. The summed E-state index contributed by atoms with van der Waals surface area (Å²) in [5.41, 5.74) is 0.397. The summed E-state index contributed by atoms with van der Waals surface area (Å²) in [6.45, 7) is 2.41. The fourth-order valence-corrected chi connectivity index (χ4v) is 0.894. The van der Waals surface area contributed by atoms with Crippen LogP contribution in [0.4, 0.5) is 0 Å². The Labute approximate surface area is 76.5 Å². The highest BCUT2D eigenvalue weighted by molar-refractivity contribution is 5.89. The molecule has 0 radical (unpaired) electrons. The number of carbonyl (C=O) groups is 1. The van der Waals surface area contributed by atoms with E-state index >= 15 is 0 Å². The van der Waals surface area contributed by atoms with E-state index in [0.29, 0.717) is 17.9 Å². The number of rotatable bonds is 3. The van der Waals surface area contributed by atoms with Gasteiger partial charge in [-0.2, -0.15) is 0 Å². The lowest BCUT2D eigenvalue weighted by Gasteiger charge is -2.03. The van der Waals surface area contributed by atoms with Crippen molar-refractivity contribution < 1.29 is 14.3 Å². The number of hydrogen-bond donors (Lipinski definition) is 0. The molecule has 0 atom stereocenters. The fourth-order valence-electron chi connectivity index (χ4n) is 0.894. The molecule has 1 aromatic heterocycles. The van der Waals surface area contributed by atoms with Crippen LogP contribution in [0.15, 0.2) is 18.5 Å². The van der Waals surface area contributed by atoms with Crippen molar-refractivity contribution >= 4 is 5.97 Å². The molecule has 0 spiro atoms. The third-order valence-electron chi connectivity index (χ3n) is 1.45. The lowest BCUT2D eigenvalue weighted by atomic mass is 10.3. The number of nitrogens with zero attached hydrogens (tertiary/aromatic N) is 1. The van der Waals surface area contributed by atoms with E-state index < -0.39 is 5.97 Å². The van der Waals surface area contributed by atoms with Crippen LogP contribution in [0.3, 0.4) is 0 Å². The van der Waals surface area contributed by atoms with Crippen LogP contribution in [0.5, 0.6) is 5.75 Å². The van der Waals surface area contributed by atoms with E-state index in [0.717, 1.165) is 0 Å². The van der Waals surface area contributed by atoms with Gasteiger partial charge >= 0.3 is 5.97 Å². The molecule has 0 aliphatic rings. The van der Waals surface area contributed by atoms with E-state index in [9.17, 15) is 4.79 Å². The molecule has 0 unspecified atom stereocenters. The van der Waals surface area contributed by atoms with Crippen LogP contribution >= 0.6 is 0 Å². The molecule has 0 N–H and O–H groups in total. The Bertz CT molecular complexity index is 299. The van der Waals surface area contributed by atoms with E-state index in [1.54, 1.807) is 12.3 Å². The maximum absolute atomic E-state index is 11.1. The molecule has 0 amide bonds. The second kappa shape index (κ2) is 4.45. The summed E-state index contributed by atoms with van der Waals surface area (Å²) in [6.07, 6.45) is 2.99. The van der Waals surface area contributed by atoms with Gasteiger partial charge in [0.05, 0.1) is 25.5 Å². The van der Waals surface area contributed by atoms with E-state index in [-0.39, 0.29) is 0 Å². The van der Waals surface area contributed by atoms with E-state index in [1.165, 1.54) is 13.3 Å². The molecule has 0 bridgehead atoms. The Morgan fingerprint density at radius 2 is 2.31 bits per heavy atom. The molecule has 1 rings (SSSR count). The Morgan fingerprint density at radius 1 is 1.54 bits per heavy atom. The van der Waals surface area contributed by atoms with Gasteiger partial charge in [0.2, 0.25) is 0 Å². The second-order valence-corrected chi connectivity index (χ2v) is 2.33. The van der Waals surface area contributed by atoms with Crippen molar-refractivity contribution in [1.82, 2.24) is 4.98 Å². The number of methoxy groups -OCH3 is 1. The molecule has 0 aliphatic carbocycles. The van der Waals surface area contributed by atoms with Gasteiger partial charge in [-0.1, -0.05) is 0 Å². The predicted octanol–water partition coefficient (Wildman–Crippen LogP) is 1.27. The number of carbonyl (C=O) groups excluding carboxylic acids is 1. The van der Waals surface area contributed by atoms with Gasteiger partial charge in [-0.15, -0.1) is 0 Å². The van der Waals surface area contributed by atoms with Gasteiger partial charge in [0.1, 0.15) is 5.75 Å². The molecular weight excluding hydrogens is 170 g/mol. The van der Waals surface area contributed by atoms with Gasteiger partial charge in [0.25, 0.3) is 0 Å². The van der Waals surface area contributed by atoms with Crippen molar-refractivity contribution in [2.45, 2.75) is 6.92 Å². The van der Waals surface area contributed by atoms with E-state index in [4.69, 9.17) is 4.74 Å². The molecule has 1 heterocycles. The highest BCUT2D eigenvalue weighted by atomic mass is 16.5. The van der Waals surface area contributed by atoms with Gasteiger partial charge < -0.3 is 9.47 Å². The van der Waals surface area contributed by atoms with E-state index in [1.807, 2.05) is 6.92 Å². The van der Waals surface area contributed by atoms with Crippen LogP contribution in [0, 0.1) is 0 Å². The third kappa shape index (κ3) is 2.43. The molecule has 13 heavy (non-hydrogen) atoms. The van der Waals surface area contributed by atoms with Crippen LogP contribution < -0.4 is 4.74 Å². The maximum atomic E-state index is 11.1. The quantitative estimate of drug-likeness (QED) is 0.659. The first kappa shape index (κ1) is 9.51. The van der Waals surface area contributed by atoms with Crippen LogP contribution in [0.1, 0.15) is 17.3 Å². The number of pyridine rings is 1. The number of ether oxygens (including phenoxy) is 2. The zero-order chi connectivity index (χ0) is 9.68. The summed E-state index contributed by atoms with van der Waals surface area (Å²) < 4.78 is 9.71. The molecular formula is C9H11NO3. The topological polar surface area (TPSA) is 48.4 Å².